The number of halogens is 1. The Bertz CT molecular complexity index is 1280. The molecule has 0 radical (unpaired) electrons. The smallest absolute Gasteiger partial charge is 0.412 e. The van der Waals surface area contributed by atoms with E-state index in [1.54, 1.807) is 31.7 Å². The molecule has 39 heavy (non-hydrogen) atoms. The van der Waals surface area contributed by atoms with E-state index in [4.69, 9.17) is 24.2 Å². The van der Waals surface area contributed by atoms with Crippen molar-refractivity contribution >= 4 is 23.6 Å². The lowest BCUT2D eigenvalue weighted by Crippen LogP contribution is -2.43. The minimum absolute atomic E-state index is 0.0444. The lowest BCUT2D eigenvalue weighted by molar-refractivity contribution is 0.0297. The number of nitrogens with zero attached hydrogens (tertiary/aromatic N) is 4. The molecule has 10 nitrogen and oxygen atoms in total. The second kappa shape index (κ2) is 9.93. The number of likely N-dealkylation sites (N-methyl/N-ethyl adjacent to an activating group) is 1. The van der Waals surface area contributed by atoms with E-state index in [2.05, 4.69) is 5.32 Å². The molecule has 3 aliphatic rings. The third-order valence-electron chi connectivity index (χ3n) is 6.90. The van der Waals surface area contributed by atoms with Crippen molar-refractivity contribution in [3.05, 3.63) is 29.6 Å². The Morgan fingerprint density at radius 1 is 1.21 bits per heavy atom. The van der Waals surface area contributed by atoms with Gasteiger partial charge in [0.25, 0.3) is 5.91 Å². The minimum Gasteiger partial charge on any atom is -0.469 e. The Labute approximate surface area is 227 Å². The zero-order valence-corrected chi connectivity index (χ0v) is 23.3. The number of morpholine rings is 1. The molecule has 2 saturated heterocycles. The van der Waals surface area contributed by atoms with Crippen molar-refractivity contribution in [3.8, 4) is 17.1 Å². The van der Waals surface area contributed by atoms with E-state index in [1.165, 1.54) is 12.1 Å². The summed E-state index contributed by atoms with van der Waals surface area (Å²) in [6.07, 6.45) is 1.38. The first-order valence-corrected chi connectivity index (χ1v) is 13.4. The Balaban J connectivity index is 1.58. The lowest BCUT2D eigenvalue weighted by atomic mass is 10.0. The lowest BCUT2D eigenvalue weighted by Gasteiger charge is -2.33. The van der Waals surface area contributed by atoms with Crippen LogP contribution in [0.3, 0.4) is 0 Å². The van der Waals surface area contributed by atoms with Gasteiger partial charge in [-0.15, -0.1) is 0 Å². The number of hydrogen-bond donors (Lipinski definition) is 1. The fourth-order valence-electron chi connectivity index (χ4n) is 5.24. The van der Waals surface area contributed by atoms with Gasteiger partial charge in [0.2, 0.25) is 11.8 Å². The number of hydrogen-bond acceptors (Lipinski definition) is 8. The quantitative estimate of drug-likeness (QED) is 0.597. The second-order valence-corrected chi connectivity index (χ2v) is 11.9. The SMILES string of the molecule is CCN1CC(C)(C)Oc2nc(N3CC4CCC(C3)O4)nc(-c3ccc(NC(=O)OC(C)(C)C)c(F)c3)c2C1=O. The highest BCUT2D eigenvalue weighted by atomic mass is 19.1. The van der Waals surface area contributed by atoms with Gasteiger partial charge in [-0.3, -0.25) is 10.1 Å². The summed E-state index contributed by atoms with van der Waals surface area (Å²) in [6.45, 7) is 13.0. The van der Waals surface area contributed by atoms with E-state index in [0.29, 0.717) is 37.7 Å². The van der Waals surface area contributed by atoms with E-state index < -0.39 is 23.1 Å². The van der Waals surface area contributed by atoms with Crippen molar-refractivity contribution in [1.29, 1.82) is 0 Å². The van der Waals surface area contributed by atoms with Gasteiger partial charge in [0.05, 0.1) is 30.1 Å². The molecule has 3 aliphatic heterocycles. The van der Waals surface area contributed by atoms with Crippen LogP contribution in [0.1, 0.15) is 64.7 Å². The Morgan fingerprint density at radius 2 is 1.90 bits per heavy atom. The largest absolute Gasteiger partial charge is 0.469 e. The van der Waals surface area contributed by atoms with Crippen LogP contribution in [0.4, 0.5) is 20.8 Å². The highest BCUT2D eigenvalue weighted by Gasteiger charge is 2.39. The van der Waals surface area contributed by atoms with Gasteiger partial charge in [0, 0.05) is 25.2 Å². The summed E-state index contributed by atoms with van der Waals surface area (Å²) in [5.41, 5.74) is -0.639. The van der Waals surface area contributed by atoms with Gasteiger partial charge in [0.15, 0.2) is 0 Å². The van der Waals surface area contributed by atoms with Crippen LogP contribution < -0.4 is 15.0 Å². The molecular weight excluding hydrogens is 505 g/mol. The van der Waals surface area contributed by atoms with Crippen LogP contribution in [0.5, 0.6) is 5.88 Å². The summed E-state index contributed by atoms with van der Waals surface area (Å²) in [6, 6.07) is 4.30. The minimum atomic E-state index is -0.765. The molecule has 2 aromatic rings. The molecule has 2 unspecified atom stereocenters. The average molecular weight is 542 g/mol. The number of carbonyl (C=O) groups is 2. The topological polar surface area (TPSA) is 106 Å². The van der Waals surface area contributed by atoms with Crippen molar-refractivity contribution in [2.75, 3.05) is 36.4 Å². The summed E-state index contributed by atoms with van der Waals surface area (Å²) in [7, 11) is 0. The molecule has 210 valence electrons. The predicted molar refractivity (Wildman–Crippen MR) is 144 cm³/mol. The normalized spacial score (nSPS) is 22.2. The van der Waals surface area contributed by atoms with E-state index >= 15 is 4.39 Å². The number of amides is 2. The number of fused-ring (bicyclic) bond motifs is 3. The number of benzene rings is 1. The highest BCUT2D eigenvalue weighted by Crippen LogP contribution is 2.38. The van der Waals surface area contributed by atoms with Crippen molar-refractivity contribution < 1.29 is 28.2 Å². The van der Waals surface area contributed by atoms with Crippen molar-refractivity contribution in [3.63, 3.8) is 0 Å². The van der Waals surface area contributed by atoms with Crippen molar-refractivity contribution in [2.24, 2.45) is 0 Å². The zero-order valence-electron chi connectivity index (χ0n) is 23.3. The van der Waals surface area contributed by atoms with Gasteiger partial charge in [-0.1, -0.05) is 6.07 Å². The maximum Gasteiger partial charge on any atom is 0.412 e. The van der Waals surface area contributed by atoms with E-state index in [9.17, 15) is 9.59 Å². The molecule has 2 fully saturated rings. The standard InChI is InChI=1S/C28H36FN5O5/c1-7-33-15-28(5,6)38-23-21(24(33)35)22(31-25(32-23)34-13-17-9-10-18(14-34)37-17)16-8-11-20(19(29)12-16)30-26(36)39-27(2,3)4/h8,11-12,17-18H,7,9-10,13-15H2,1-6H3,(H,30,36). The predicted octanol–water partition coefficient (Wildman–Crippen LogP) is 4.63. The maximum atomic E-state index is 15.3. The summed E-state index contributed by atoms with van der Waals surface area (Å²) in [5.74, 6) is -0.380. The molecule has 1 N–H and O–H groups in total. The van der Waals surface area contributed by atoms with Gasteiger partial charge in [-0.05, 0) is 66.5 Å². The number of ether oxygens (including phenoxy) is 3. The van der Waals surface area contributed by atoms with Gasteiger partial charge in [-0.25, -0.2) is 14.2 Å². The molecule has 2 amide bonds. The van der Waals surface area contributed by atoms with Gasteiger partial charge in [-0.2, -0.15) is 4.98 Å². The van der Waals surface area contributed by atoms with Crippen LogP contribution in [0.15, 0.2) is 18.2 Å². The van der Waals surface area contributed by atoms with Crippen LogP contribution in [0.25, 0.3) is 11.3 Å². The van der Waals surface area contributed by atoms with Crippen molar-refractivity contribution in [2.45, 2.75) is 77.8 Å². The average Bonchev–Trinajstić information content (AvgIpc) is 3.13. The number of carbonyl (C=O) groups excluding carboxylic acids is 2. The fourth-order valence-corrected chi connectivity index (χ4v) is 5.24. The molecule has 1 aromatic carbocycles. The Morgan fingerprint density at radius 3 is 2.51 bits per heavy atom. The van der Waals surface area contributed by atoms with Crippen LogP contribution >= 0.6 is 0 Å². The number of nitrogens with one attached hydrogen (secondary N) is 1. The summed E-state index contributed by atoms with van der Waals surface area (Å²) < 4.78 is 32.9. The van der Waals surface area contributed by atoms with Crippen molar-refractivity contribution in [1.82, 2.24) is 14.9 Å². The number of anilines is 2. The molecule has 11 heteroatoms. The van der Waals surface area contributed by atoms with Crippen LogP contribution in [-0.4, -0.2) is 76.5 Å². The molecule has 4 heterocycles. The zero-order chi connectivity index (χ0) is 28.1. The maximum absolute atomic E-state index is 15.3. The second-order valence-electron chi connectivity index (χ2n) is 11.9. The van der Waals surface area contributed by atoms with Crippen LogP contribution in [0, 0.1) is 5.82 Å². The summed E-state index contributed by atoms with van der Waals surface area (Å²) in [4.78, 5) is 39.2. The first-order chi connectivity index (χ1) is 18.3. The fraction of sp³-hybridized carbons (Fsp3) is 0.571. The molecule has 0 aliphatic carbocycles. The monoisotopic (exact) mass is 541 g/mol. The first-order valence-electron chi connectivity index (χ1n) is 13.4. The summed E-state index contributed by atoms with van der Waals surface area (Å²) in [5, 5.41) is 2.44. The third kappa shape index (κ3) is 5.78. The molecule has 2 bridgehead atoms. The van der Waals surface area contributed by atoms with Crippen LogP contribution in [-0.2, 0) is 9.47 Å². The molecule has 0 saturated carbocycles. The third-order valence-corrected chi connectivity index (χ3v) is 6.90. The van der Waals surface area contributed by atoms with Gasteiger partial charge < -0.3 is 24.0 Å². The summed E-state index contributed by atoms with van der Waals surface area (Å²) >= 11 is 0. The van der Waals surface area contributed by atoms with E-state index in [1.807, 2.05) is 25.7 Å². The molecule has 0 spiro atoms. The number of aromatic nitrogens is 2. The first kappa shape index (κ1) is 27.1. The molecule has 5 rings (SSSR count). The van der Waals surface area contributed by atoms with Crippen LogP contribution in [0.2, 0.25) is 0 Å². The van der Waals surface area contributed by atoms with Gasteiger partial charge in [0.1, 0.15) is 22.6 Å². The molecule has 1 aromatic heterocycles. The van der Waals surface area contributed by atoms with Gasteiger partial charge >= 0.3 is 6.09 Å². The highest BCUT2D eigenvalue weighted by molar-refractivity contribution is 6.03. The molecule has 2 atom stereocenters. The number of rotatable bonds is 4. The van der Waals surface area contributed by atoms with E-state index in [0.717, 1.165) is 12.8 Å². The Kier molecular flexibility index (Phi) is 6.90. The van der Waals surface area contributed by atoms with E-state index in [-0.39, 0.29) is 40.9 Å². The molecular formula is C28H36FN5O5. The Hall–Kier alpha value is -3.47.